The zero-order chi connectivity index (χ0) is 15.7. The highest BCUT2D eigenvalue weighted by atomic mass is 19.3. The summed E-state index contributed by atoms with van der Waals surface area (Å²) >= 11 is 0. The largest absolute Gasteiger partial charge is 0.491 e. The third kappa shape index (κ3) is 3.12. The molecule has 2 N–H and O–H groups in total. The van der Waals surface area contributed by atoms with Crippen LogP contribution in [0.4, 0.5) is 14.5 Å². The maximum atomic E-state index is 13.9. The first kappa shape index (κ1) is 16.0. The van der Waals surface area contributed by atoms with E-state index in [9.17, 15) is 13.9 Å². The van der Waals surface area contributed by atoms with Crippen molar-refractivity contribution in [3.63, 3.8) is 0 Å². The summed E-state index contributed by atoms with van der Waals surface area (Å²) in [6.07, 6.45) is -0.194. The Bertz CT molecular complexity index is 503. The lowest BCUT2D eigenvalue weighted by Crippen LogP contribution is -2.41. The number of ether oxygens (including phenoxy) is 1. The summed E-state index contributed by atoms with van der Waals surface area (Å²) in [7, 11) is 0. The van der Waals surface area contributed by atoms with Crippen LogP contribution in [0.15, 0.2) is 18.2 Å². The molecule has 0 fully saturated rings. The molecular formula is C16H23F2NO2. The normalized spacial score (nSPS) is 18.9. The number of rotatable bonds is 5. The van der Waals surface area contributed by atoms with E-state index >= 15 is 0 Å². The van der Waals surface area contributed by atoms with Crippen LogP contribution in [-0.2, 0) is 0 Å². The second-order valence-electron chi connectivity index (χ2n) is 6.17. The molecule has 1 atom stereocenters. The second kappa shape index (κ2) is 5.79. The van der Waals surface area contributed by atoms with E-state index in [1.54, 1.807) is 32.0 Å². The number of fused-ring (bicyclic) bond motifs is 1. The monoisotopic (exact) mass is 299 g/mol. The summed E-state index contributed by atoms with van der Waals surface area (Å²) < 4.78 is 33.4. The molecule has 0 aliphatic carbocycles. The molecule has 0 aromatic heterocycles. The number of alkyl halides is 2. The van der Waals surface area contributed by atoms with Gasteiger partial charge < -0.3 is 15.2 Å². The summed E-state index contributed by atoms with van der Waals surface area (Å²) in [4.78, 5) is 0. The zero-order valence-electron chi connectivity index (χ0n) is 12.7. The molecule has 2 rings (SSSR count). The third-order valence-electron chi connectivity index (χ3n) is 4.20. The minimum atomic E-state index is -2.74. The first-order valence-electron chi connectivity index (χ1n) is 7.34. The molecule has 0 saturated carbocycles. The van der Waals surface area contributed by atoms with Gasteiger partial charge in [-0.25, -0.2) is 8.78 Å². The molecule has 1 aromatic rings. The number of aliphatic hydroxyl groups excluding tert-OH is 1. The van der Waals surface area contributed by atoms with E-state index in [1.807, 2.05) is 0 Å². The highest BCUT2D eigenvalue weighted by Crippen LogP contribution is 2.41. The molecule has 5 heteroatoms. The lowest BCUT2D eigenvalue weighted by molar-refractivity contribution is -0.101. The highest BCUT2D eigenvalue weighted by molar-refractivity contribution is 5.61. The Balaban J connectivity index is 2.16. The number of para-hydroxylation sites is 1. The number of benzene rings is 1. The van der Waals surface area contributed by atoms with Crippen LogP contribution in [0.25, 0.3) is 0 Å². The van der Waals surface area contributed by atoms with Gasteiger partial charge in [-0.15, -0.1) is 0 Å². The van der Waals surface area contributed by atoms with E-state index in [1.165, 1.54) is 6.92 Å². The number of nitrogens with one attached hydrogen (secondary N) is 1. The molecule has 118 valence electrons. The van der Waals surface area contributed by atoms with Gasteiger partial charge in [-0.1, -0.05) is 32.9 Å². The Morgan fingerprint density at radius 3 is 2.76 bits per heavy atom. The van der Waals surface area contributed by atoms with Gasteiger partial charge in [0.1, 0.15) is 5.75 Å². The van der Waals surface area contributed by atoms with Gasteiger partial charge in [0.2, 0.25) is 0 Å². The predicted octanol–water partition coefficient (Wildman–Crippen LogP) is 3.99. The van der Waals surface area contributed by atoms with Crippen LogP contribution in [0.3, 0.4) is 0 Å². The summed E-state index contributed by atoms with van der Waals surface area (Å²) in [5, 5.41) is 13.0. The molecule has 0 radical (unpaired) electrons. The number of hydrogen-bond acceptors (Lipinski definition) is 3. The van der Waals surface area contributed by atoms with Crippen molar-refractivity contribution in [2.75, 3.05) is 18.5 Å². The van der Waals surface area contributed by atoms with Crippen LogP contribution < -0.4 is 10.1 Å². The highest BCUT2D eigenvalue weighted by Gasteiger charge is 2.44. The maximum absolute atomic E-state index is 13.9. The summed E-state index contributed by atoms with van der Waals surface area (Å²) in [5.74, 6) is -2.17. The maximum Gasteiger partial charge on any atom is 0.254 e. The molecule has 1 aliphatic rings. The quantitative estimate of drug-likeness (QED) is 0.864. The fraction of sp³-hybridized carbons (Fsp3) is 0.625. The molecule has 3 nitrogen and oxygen atoms in total. The van der Waals surface area contributed by atoms with Gasteiger partial charge in [-0.3, -0.25) is 0 Å². The van der Waals surface area contributed by atoms with Crippen LogP contribution in [0.1, 0.15) is 45.3 Å². The van der Waals surface area contributed by atoms with Crippen LogP contribution in [0.5, 0.6) is 5.75 Å². The average Bonchev–Trinajstić information content (AvgIpc) is 2.45. The van der Waals surface area contributed by atoms with Crippen LogP contribution >= 0.6 is 0 Å². The minimum absolute atomic E-state index is 0.129. The lowest BCUT2D eigenvalue weighted by atomic mass is 9.84. The van der Waals surface area contributed by atoms with Gasteiger partial charge in [0.25, 0.3) is 5.92 Å². The van der Waals surface area contributed by atoms with Crippen molar-refractivity contribution in [2.24, 2.45) is 5.41 Å². The van der Waals surface area contributed by atoms with Gasteiger partial charge in [-0.05, 0) is 6.07 Å². The van der Waals surface area contributed by atoms with Crippen molar-refractivity contribution in [2.45, 2.75) is 45.6 Å². The Morgan fingerprint density at radius 1 is 1.38 bits per heavy atom. The predicted molar refractivity (Wildman–Crippen MR) is 79.0 cm³/mol. The molecule has 0 amide bonds. The van der Waals surface area contributed by atoms with Crippen LogP contribution in [-0.4, -0.2) is 24.2 Å². The van der Waals surface area contributed by atoms with Crippen LogP contribution in [0.2, 0.25) is 0 Å². The van der Waals surface area contributed by atoms with Gasteiger partial charge >= 0.3 is 0 Å². The Kier molecular flexibility index (Phi) is 4.42. The number of halogens is 2. The third-order valence-corrected chi connectivity index (χ3v) is 4.20. The van der Waals surface area contributed by atoms with E-state index in [0.717, 1.165) is 0 Å². The van der Waals surface area contributed by atoms with Crippen molar-refractivity contribution < 1.29 is 18.6 Å². The molecular weight excluding hydrogens is 276 g/mol. The van der Waals surface area contributed by atoms with Crippen molar-refractivity contribution in [1.82, 2.24) is 0 Å². The van der Waals surface area contributed by atoms with Crippen molar-refractivity contribution in [3.8, 4) is 5.75 Å². The summed E-state index contributed by atoms with van der Waals surface area (Å²) in [6, 6.07) is 5.39. The van der Waals surface area contributed by atoms with E-state index < -0.39 is 17.4 Å². The van der Waals surface area contributed by atoms with E-state index in [-0.39, 0.29) is 13.0 Å². The Hall–Kier alpha value is -1.36. The van der Waals surface area contributed by atoms with Gasteiger partial charge in [-0.2, -0.15) is 0 Å². The van der Waals surface area contributed by atoms with Crippen molar-refractivity contribution in [3.05, 3.63) is 23.8 Å². The smallest absolute Gasteiger partial charge is 0.254 e. The van der Waals surface area contributed by atoms with Crippen molar-refractivity contribution >= 4 is 5.69 Å². The molecule has 1 aliphatic heterocycles. The first-order valence-corrected chi connectivity index (χ1v) is 7.34. The molecule has 1 unspecified atom stereocenters. The number of anilines is 1. The molecule has 0 bridgehead atoms. The second-order valence-corrected chi connectivity index (χ2v) is 6.17. The number of hydrogen-bond donors (Lipinski definition) is 2. The van der Waals surface area contributed by atoms with Gasteiger partial charge in [0.05, 0.1) is 18.4 Å². The molecule has 0 spiro atoms. The fourth-order valence-corrected chi connectivity index (χ4v) is 2.47. The summed E-state index contributed by atoms with van der Waals surface area (Å²) in [5.41, 5.74) is 0.204. The SMILES string of the molecule is CCC(F)(F)C(C)(C)CNc1cccc2c1OCCC2O. The summed E-state index contributed by atoms with van der Waals surface area (Å²) in [6.45, 7) is 5.15. The number of aliphatic hydroxyl groups is 1. The van der Waals surface area contributed by atoms with Crippen molar-refractivity contribution in [1.29, 1.82) is 0 Å². The molecule has 1 heterocycles. The van der Waals surface area contributed by atoms with Crippen LogP contribution in [0, 0.1) is 5.41 Å². The van der Waals surface area contributed by atoms with Gasteiger partial charge in [0, 0.05) is 30.4 Å². The Labute approximate surface area is 124 Å². The standard InChI is InChI=1S/C16H23F2NO2/c1-4-16(17,18)15(2,3)10-19-12-7-5-6-11-13(20)8-9-21-14(11)12/h5-7,13,19-20H,4,8-10H2,1-3H3. The van der Waals surface area contributed by atoms with Gasteiger partial charge in [0.15, 0.2) is 0 Å². The Morgan fingerprint density at radius 2 is 2.10 bits per heavy atom. The molecule has 21 heavy (non-hydrogen) atoms. The minimum Gasteiger partial charge on any atom is -0.491 e. The van der Waals surface area contributed by atoms with E-state index in [2.05, 4.69) is 5.32 Å². The van der Waals surface area contributed by atoms with E-state index in [4.69, 9.17) is 4.74 Å². The lowest BCUT2D eigenvalue weighted by Gasteiger charge is -2.34. The topological polar surface area (TPSA) is 41.5 Å². The molecule has 0 saturated heterocycles. The zero-order valence-corrected chi connectivity index (χ0v) is 12.7. The van der Waals surface area contributed by atoms with E-state index in [0.29, 0.717) is 30.0 Å². The first-order chi connectivity index (χ1) is 9.78. The fourth-order valence-electron chi connectivity index (χ4n) is 2.47. The average molecular weight is 299 g/mol. The molecule has 1 aromatic carbocycles.